The third-order valence-electron chi connectivity index (χ3n) is 2.29. The van der Waals surface area contributed by atoms with Crippen molar-refractivity contribution in [1.29, 1.82) is 0 Å². The maximum atomic E-state index is 5.91. The second kappa shape index (κ2) is 4.63. The van der Waals surface area contributed by atoms with Crippen molar-refractivity contribution in [3.8, 4) is 0 Å². The first-order valence-electron chi connectivity index (χ1n) is 5.50. The first kappa shape index (κ1) is 13.9. The summed E-state index contributed by atoms with van der Waals surface area (Å²) in [7, 11) is 0. The Labute approximate surface area is 89.2 Å². The van der Waals surface area contributed by atoms with Crippen molar-refractivity contribution < 1.29 is 4.74 Å². The Morgan fingerprint density at radius 2 is 1.36 bits per heavy atom. The zero-order valence-electron chi connectivity index (χ0n) is 10.8. The molecule has 0 fully saturated rings. The predicted molar refractivity (Wildman–Crippen MR) is 62.0 cm³/mol. The zero-order valence-corrected chi connectivity index (χ0v) is 10.8. The van der Waals surface area contributed by atoms with Crippen LogP contribution < -0.4 is 5.73 Å². The van der Waals surface area contributed by atoms with Crippen LogP contribution in [0.15, 0.2) is 0 Å². The Kier molecular flexibility index (Phi) is 4.60. The predicted octanol–water partition coefficient (Wildman–Crippen LogP) is 3.16. The molecule has 0 aromatic carbocycles. The molecule has 2 N–H and O–H groups in total. The third kappa shape index (κ3) is 4.43. The SMILES string of the molecule is CCC(N)OC(C(C)(C)C)C(C)(C)C. The van der Waals surface area contributed by atoms with Gasteiger partial charge in [-0.25, -0.2) is 0 Å². The highest BCUT2D eigenvalue weighted by molar-refractivity contribution is 4.85. The second-order valence-corrected chi connectivity index (χ2v) is 6.19. The molecule has 0 amide bonds. The molecule has 1 unspecified atom stereocenters. The van der Waals surface area contributed by atoms with Gasteiger partial charge in [0, 0.05) is 0 Å². The Morgan fingerprint density at radius 1 is 1.00 bits per heavy atom. The zero-order chi connectivity index (χ0) is 11.6. The summed E-state index contributed by atoms with van der Waals surface area (Å²) in [5.41, 5.74) is 6.10. The van der Waals surface area contributed by atoms with E-state index in [2.05, 4.69) is 41.5 Å². The number of rotatable bonds is 3. The summed E-state index contributed by atoms with van der Waals surface area (Å²) in [5, 5.41) is 0. The highest BCUT2D eigenvalue weighted by atomic mass is 16.5. The summed E-state index contributed by atoms with van der Waals surface area (Å²) in [5.74, 6) is 0. The number of ether oxygens (including phenoxy) is 1. The quantitative estimate of drug-likeness (QED) is 0.712. The van der Waals surface area contributed by atoms with Gasteiger partial charge in [0.25, 0.3) is 0 Å². The molecule has 14 heavy (non-hydrogen) atoms. The van der Waals surface area contributed by atoms with E-state index in [0.29, 0.717) is 0 Å². The van der Waals surface area contributed by atoms with Gasteiger partial charge in [0.1, 0.15) is 6.23 Å². The smallest absolute Gasteiger partial charge is 0.105 e. The summed E-state index contributed by atoms with van der Waals surface area (Å²) >= 11 is 0. The molecule has 0 aliphatic rings. The van der Waals surface area contributed by atoms with Gasteiger partial charge in [0.15, 0.2) is 0 Å². The lowest BCUT2D eigenvalue weighted by atomic mass is 9.74. The monoisotopic (exact) mass is 201 g/mol. The Hall–Kier alpha value is -0.0800. The lowest BCUT2D eigenvalue weighted by molar-refractivity contribution is -0.118. The van der Waals surface area contributed by atoms with Crippen LogP contribution in [-0.4, -0.2) is 12.3 Å². The summed E-state index contributed by atoms with van der Waals surface area (Å²) < 4.78 is 5.91. The van der Waals surface area contributed by atoms with Crippen molar-refractivity contribution in [2.45, 2.75) is 67.2 Å². The molecular formula is C12H27NO. The minimum Gasteiger partial charge on any atom is -0.359 e. The van der Waals surface area contributed by atoms with Crippen LogP contribution in [0.3, 0.4) is 0 Å². The van der Waals surface area contributed by atoms with E-state index >= 15 is 0 Å². The third-order valence-corrected chi connectivity index (χ3v) is 2.29. The largest absolute Gasteiger partial charge is 0.359 e. The summed E-state index contributed by atoms with van der Waals surface area (Å²) in [6, 6.07) is 0. The molecule has 0 heterocycles. The van der Waals surface area contributed by atoms with E-state index in [1.54, 1.807) is 0 Å². The number of hydrogen-bond acceptors (Lipinski definition) is 2. The van der Waals surface area contributed by atoms with Gasteiger partial charge in [-0.2, -0.15) is 0 Å². The lowest BCUT2D eigenvalue weighted by Crippen LogP contribution is -2.44. The van der Waals surface area contributed by atoms with Crippen LogP contribution in [-0.2, 0) is 4.74 Å². The van der Waals surface area contributed by atoms with Gasteiger partial charge in [0.2, 0.25) is 0 Å². The van der Waals surface area contributed by atoms with Crippen LogP contribution in [0.25, 0.3) is 0 Å². The fourth-order valence-electron chi connectivity index (χ4n) is 1.98. The van der Waals surface area contributed by atoms with Crippen LogP contribution >= 0.6 is 0 Å². The minimum absolute atomic E-state index is 0.130. The molecule has 0 aliphatic heterocycles. The fraction of sp³-hybridized carbons (Fsp3) is 1.00. The van der Waals surface area contributed by atoms with Crippen molar-refractivity contribution in [2.75, 3.05) is 0 Å². The van der Waals surface area contributed by atoms with E-state index in [0.717, 1.165) is 6.42 Å². The molecule has 1 atom stereocenters. The normalized spacial score (nSPS) is 16.1. The molecule has 0 saturated carbocycles. The first-order chi connectivity index (χ1) is 6.09. The van der Waals surface area contributed by atoms with E-state index < -0.39 is 0 Å². The van der Waals surface area contributed by atoms with Crippen molar-refractivity contribution in [1.82, 2.24) is 0 Å². The molecule has 86 valence electrons. The molecule has 0 spiro atoms. The Bertz CT molecular complexity index is 150. The molecule has 0 saturated heterocycles. The second-order valence-electron chi connectivity index (χ2n) is 6.19. The summed E-state index contributed by atoms with van der Waals surface area (Å²) in [6.45, 7) is 15.2. The van der Waals surface area contributed by atoms with Gasteiger partial charge < -0.3 is 10.5 Å². The standard InChI is InChI=1S/C12H27NO/c1-8-9(13)14-10(11(2,3)4)12(5,6)7/h9-10H,8,13H2,1-7H3. The molecule has 0 aliphatic carbocycles. The van der Waals surface area contributed by atoms with Crippen molar-refractivity contribution in [2.24, 2.45) is 16.6 Å². The van der Waals surface area contributed by atoms with Gasteiger partial charge in [-0.05, 0) is 17.3 Å². The van der Waals surface area contributed by atoms with E-state index in [9.17, 15) is 0 Å². The van der Waals surface area contributed by atoms with E-state index in [1.807, 2.05) is 6.92 Å². The number of nitrogens with two attached hydrogens (primary N) is 1. The summed E-state index contributed by atoms with van der Waals surface area (Å²) in [6.07, 6.45) is 0.909. The van der Waals surface area contributed by atoms with Crippen molar-refractivity contribution >= 4 is 0 Å². The Morgan fingerprint density at radius 3 is 1.57 bits per heavy atom. The van der Waals surface area contributed by atoms with E-state index in [-0.39, 0.29) is 23.2 Å². The first-order valence-corrected chi connectivity index (χ1v) is 5.50. The van der Waals surface area contributed by atoms with Crippen LogP contribution in [0.2, 0.25) is 0 Å². The van der Waals surface area contributed by atoms with Crippen LogP contribution in [0, 0.1) is 10.8 Å². The summed E-state index contributed by atoms with van der Waals surface area (Å²) in [4.78, 5) is 0. The lowest BCUT2D eigenvalue weighted by Gasteiger charge is -2.41. The topological polar surface area (TPSA) is 35.2 Å². The fourth-order valence-corrected chi connectivity index (χ4v) is 1.98. The molecule has 0 aromatic heterocycles. The Balaban J connectivity index is 4.59. The molecular weight excluding hydrogens is 174 g/mol. The molecule has 2 nitrogen and oxygen atoms in total. The molecule has 0 rings (SSSR count). The molecule has 2 heteroatoms. The number of hydrogen-bond donors (Lipinski definition) is 1. The van der Waals surface area contributed by atoms with Gasteiger partial charge in [-0.1, -0.05) is 48.5 Å². The average Bonchev–Trinajstić information content (AvgIpc) is 1.95. The molecule has 0 aromatic rings. The van der Waals surface area contributed by atoms with Gasteiger partial charge in [0.05, 0.1) is 6.10 Å². The van der Waals surface area contributed by atoms with Crippen LogP contribution in [0.4, 0.5) is 0 Å². The maximum Gasteiger partial charge on any atom is 0.105 e. The van der Waals surface area contributed by atoms with Gasteiger partial charge in [-0.3, -0.25) is 0 Å². The highest BCUT2D eigenvalue weighted by Gasteiger charge is 2.36. The highest BCUT2D eigenvalue weighted by Crippen LogP contribution is 2.36. The van der Waals surface area contributed by atoms with Crippen molar-refractivity contribution in [3.05, 3.63) is 0 Å². The van der Waals surface area contributed by atoms with Crippen molar-refractivity contribution in [3.63, 3.8) is 0 Å². The average molecular weight is 201 g/mol. The maximum absolute atomic E-state index is 5.91. The van der Waals surface area contributed by atoms with Gasteiger partial charge in [-0.15, -0.1) is 0 Å². The minimum atomic E-state index is -0.140. The van der Waals surface area contributed by atoms with Crippen LogP contribution in [0.1, 0.15) is 54.9 Å². The molecule has 0 radical (unpaired) electrons. The van der Waals surface area contributed by atoms with E-state index in [4.69, 9.17) is 10.5 Å². The van der Waals surface area contributed by atoms with E-state index in [1.165, 1.54) is 0 Å². The van der Waals surface area contributed by atoms with Gasteiger partial charge >= 0.3 is 0 Å². The molecule has 0 bridgehead atoms. The van der Waals surface area contributed by atoms with Crippen LogP contribution in [0.5, 0.6) is 0 Å².